The molecule has 0 radical (unpaired) electrons. The van der Waals surface area contributed by atoms with Gasteiger partial charge < -0.3 is 14.5 Å². The summed E-state index contributed by atoms with van der Waals surface area (Å²) < 4.78 is 4.96. The highest BCUT2D eigenvalue weighted by Gasteiger charge is 2.24. The van der Waals surface area contributed by atoms with Crippen molar-refractivity contribution in [1.82, 2.24) is 14.5 Å². The van der Waals surface area contributed by atoms with Crippen molar-refractivity contribution >= 4 is 50.1 Å². The maximum atomic E-state index is 5.10. The molecule has 3 heterocycles. The van der Waals surface area contributed by atoms with E-state index < -0.39 is 0 Å². The molecule has 2 aromatic heterocycles. The molecule has 52 heavy (non-hydrogen) atoms. The summed E-state index contributed by atoms with van der Waals surface area (Å²) in [6.07, 6.45) is 11.0. The van der Waals surface area contributed by atoms with Crippen LogP contribution in [-0.2, 0) is 12.8 Å². The van der Waals surface area contributed by atoms with Crippen molar-refractivity contribution in [3.63, 3.8) is 0 Å². The fourth-order valence-electron chi connectivity index (χ4n) is 7.93. The number of para-hydroxylation sites is 1. The number of rotatable bonds is 6. The summed E-state index contributed by atoms with van der Waals surface area (Å²) in [5.41, 5.74) is 12.2. The molecule has 258 valence electrons. The van der Waals surface area contributed by atoms with E-state index in [1.54, 1.807) is 0 Å². The van der Waals surface area contributed by atoms with Gasteiger partial charge >= 0.3 is 0 Å². The van der Waals surface area contributed by atoms with Gasteiger partial charge in [-0.05, 0) is 87.1 Å². The Bertz CT molecular complexity index is 2450. The number of aliphatic imine (C=N–C) groups is 2. The van der Waals surface area contributed by atoms with Crippen LogP contribution in [0.5, 0.6) is 0 Å². The number of aromatic nitrogens is 2. The highest BCUT2D eigenvalue weighted by molar-refractivity contribution is 6.16. The van der Waals surface area contributed by atoms with Crippen molar-refractivity contribution in [3.05, 3.63) is 168 Å². The molecule has 0 unspecified atom stereocenters. The molecule has 0 amide bonds. The van der Waals surface area contributed by atoms with Crippen LogP contribution in [0, 0.1) is 0 Å². The smallest absolute Gasteiger partial charge is 0.169 e. The molecule has 0 saturated carbocycles. The van der Waals surface area contributed by atoms with Crippen LogP contribution >= 0.6 is 0 Å². The minimum atomic E-state index is -0.363. The van der Waals surface area contributed by atoms with Gasteiger partial charge in [-0.3, -0.25) is 0 Å². The van der Waals surface area contributed by atoms with E-state index in [0.29, 0.717) is 0 Å². The van der Waals surface area contributed by atoms with Crippen molar-refractivity contribution in [2.45, 2.75) is 59.5 Å². The first-order chi connectivity index (χ1) is 25.7. The molecule has 0 atom stereocenters. The fraction of sp³-hybridized carbons (Fsp3) is 0.191. The van der Waals surface area contributed by atoms with Crippen molar-refractivity contribution in [2.75, 3.05) is 0 Å². The Morgan fingerprint density at radius 2 is 1.27 bits per heavy atom. The van der Waals surface area contributed by atoms with Gasteiger partial charge in [-0.25, -0.2) is 9.98 Å². The third kappa shape index (κ3) is 5.76. The number of aryl methyl sites for hydroxylation is 1. The van der Waals surface area contributed by atoms with E-state index in [2.05, 4.69) is 131 Å². The standard InChI is InChI=1S/C45H39N5.C2H6/c1-3-15-33(4-2)49-39-22-13-11-20-35(39)37-29-42-38(28-41(37)49)36-21-12-14-23-40(36)50(42)34-26-24-32(25-27-34)45-47-43(30-16-7-5-8-17-30)46-44(48-45)31-18-9-6-10-19-31;1-2/h3-10,12,14-19,21,23-29,45H,11,13,20,22H2,1-2H3,(H,46,47,48);1-2H3/b15-3-,33-4+;. The molecule has 5 heteroatoms. The highest BCUT2D eigenvalue weighted by atomic mass is 15.2. The number of hydrogen-bond donors (Lipinski definition) is 1. The molecule has 5 nitrogen and oxygen atoms in total. The van der Waals surface area contributed by atoms with Gasteiger partial charge in [-0.1, -0.05) is 117 Å². The first-order valence-corrected chi connectivity index (χ1v) is 18.7. The monoisotopic (exact) mass is 679 g/mol. The molecule has 0 spiro atoms. The van der Waals surface area contributed by atoms with Gasteiger partial charge in [0.15, 0.2) is 6.17 Å². The molecule has 7 aromatic rings. The zero-order valence-electron chi connectivity index (χ0n) is 30.5. The van der Waals surface area contributed by atoms with Crippen LogP contribution < -0.4 is 5.32 Å². The number of hydrogen-bond acceptors (Lipinski definition) is 3. The lowest BCUT2D eigenvalue weighted by molar-refractivity contribution is 0.669. The quantitative estimate of drug-likeness (QED) is 0.175. The van der Waals surface area contributed by atoms with E-state index in [1.807, 2.05) is 50.2 Å². The number of benzene rings is 5. The lowest BCUT2D eigenvalue weighted by Crippen LogP contribution is -2.35. The Balaban J connectivity index is 0.00000190. The van der Waals surface area contributed by atoms with E-state index >= 15 is 0 Å². The van der Waals surface area contributed by atoms with Gasteiger partial charge in [0.05, 0.1) is 16.6 Å². The summed E-state index contributed by atoms with van der Waals surface area (Å²) in [5, 5.41) is 7.41. The van der Waals surface area contributed by atoms with Gasteiger partial charge in [0.2, 0.25) is 0 Å². The zero-order chi connectivity index (χ0) is 35.6. The normalized spacial score (nSPS) is 15.0. The number of amidine groups is 2. The van der Waals surface area contributed by atoms with E-state index in [4.69, 9.17) is 9.98 Å². The number of fused-ring (bicyclic) bond motifs is 6. The molecular weight excluding hydrogens is 635 g/mol. The minimum Gasteiger partial charge on any atom is -0.324 e. The fourth-order valence-corrected chi connectivity index (χ4v) is 7.93. The third-order valence-electron chi connectivity index (χ3n) is 10.2. The topological polar surface area (TPSA) is 46.6 Å². The molecular formula is C47H45N5. The van der Waals surface area contributed by atoms with Gasteiger partial charge in [0.1, 0.15) is 11.7 Å². The van der Waals surface area contributed by atoms with Crippen molar-refractivity contribution < 1.29 is 0 Å². The van der Waals surface area contributed by atoms with E-state index in [-0.39, 0.29) is 6.17 Å². The molecule has 1 N–H and O–H groups in total. The van der Waals surface area contributed by atoms with Crippen LogP contribution in [0.25, 0.3) is 44.1 Å². The summed E-state index contributed by atoms with van der Waals surface area (Å²) in [6, 6.07) is 43.1. The van der Waals surface area contributed by atoms with Crippen LogP contribution in [-0.4, -0.2) is 20.8 Å². The van der Waals surface area contributed by atoms with Gasteiger partial charge in [0, 0.05) is 44.4 Å². The second kappa shape index (κ2) is 14.4. The Kier molecular flexibility index (Phi) is 9.17. The van der Waals surface area contributed by atoms with Gasteiger partial charge in [0.25, 0.3) is 0 Å². The lowest BCUT2D eigenvalue weighted by atomic mass is 9.95. The molecule has 0 fully saturated rings. The predicted octanol–water partition coefficient (Wildman–Crippen LogP) is 11.6. The third-order valence-corrected chi connectivity index (χ3v) is 10.2. The predicted molar refractivity (Wildman–Crippen MR) is 221 cm³/mol. The Morgan fingerprint density at radius 3 is 1.92 bits per heavy atom. The largest absolute Gasteiger partial charge is 0.324 e. The Morgan fingerprint density at radius 1 is 0.654 bits per heavy atom. The Labute approximate surface area is 306 Å². The van der Waals surface area contributed by atoms with E-state index in [1.165, 1.54) is 62.5 Å². The van der Waals surface area contributed by atoms with Crippen LogP contribution in [0.1, 0.15) is 74.7 Å². The maximum absolute atomic E-state index is 5.10. The first kappa shape index (κ1) is 33.2. The second-order valence-electron chi connectivity index (χ2n) is 13.2. The van der Waals surface area contributed by atoms with Gasteiger partial charge in [-0.15, -0.1) is 0 Å². The van der Waals surface area contributed by atoms with E-state index in [0.717, 1.165) is 46.9 Å². The number of nitrogens with one attached hydrogen (secondary N) is 1. The molecule has 1 aliphatic carbocycles. The molecule has 2 aliphatic rings. The summed E-state index contributed by atoms with van der Waals surface area (Å²) >= 11 is 0. The molecule has 1 aliphatic heterocycles. The first-order valence-electron chi connectivity index (χ1n) is 18.7. The van der Waals surface area contributed by atoms with Crippen molar-refractivity contribution in [2.24, 2.45) is 9.98 Å². The average molecular weight is 680 g/mol. The average Bonchev–Trinajstić information content (AvgIpc) is 3.72. The van der Waals surface area contributed by atoms with Crippen LogP contribution in [0.15, 0.2) is 150 Å². The van der Waals surface area contributed by atoms with Crippen LogP contribution in [0.3, 0.4) is 0 Å². The van der Waals surface area contributed by atoms with Crippen molar-refractivity contribution in [1.29, 1.82) is 0 Å². The minimum absolute atomic E-state index is 0.363. The molecule has 0 bridgehead atoms. The highest BCUT2D eigenvalue weighted by Crippen LogP contribution is 2.41. The van der Waals surface area contributed by atoms with Crippen LogP contribution in [0.4, 0.5) is 0 Å². The van der Waals surface area contributed by atoms with Gasteiger partial charge in [-0.2, -0.15) is 0 Å². The van der Waals surface area contributed by atoms with Crippen LogP contribution in [0.2, 0.25) is 0 Å². The van der Waals surface area contributed by atoms with Crippen molar-refractivity contribution in [3.8, 4) is 5.69 Å². The SMILES string of the molecule is C/C=C\C(=C/C)n1c2c(c3cc4c(cc31)c1ccccc1n4-c1ccc(C3N=C(c4ccccc4)NC(c4ccccc4)=N3)cc1)CCCC2.CC. The maximum Gasteiger partial charge on any atom is 0.169 e. The van der Waals surface area contributed by atoms with E-state index in [9.17, 15) is 0 Å². The zero-order valence-corrected chi connectivity index (χ0v) is 30.5. The summed E-state index contributed by atoms with van der Waals surface area (Å²) in [5.74, 6) is 1.65. The molecule has 0 saturated heterocycles. The number of allylic oxidation sites excluding steroid dienone is 4. The molecule has 5 aromatic carbocycles. The Hall–Kier alpha value is -5.94. The lowest BCUT2D eigenvalue weighted by Gasteiger charge is -2.22. The summed E-state index contributed by atoms with van der Waals surface area (Å²) in [4.78, 5) is 10.2. The molecule has 9 rings (SSSR count). The second-order valence-corrected chi connectivity index (χ2v) is 13.2. The number of nitrogens with zero attached hydrogens (tertiary/aromatic N) is 4. The summed E-state index contributed by atoms with van der Waals surface area (Å²) in [6.45, 7) is 8.25. The summed E-state index contributed by atoms with van der Waals surface area (Å²) in [7, 11) is 0.